The molecule has 0 atom stereocenters. The molecule has 4 nitrogen and oxygen atoms in total. The first kappa shape index (κ1) is 44.7. The Morgan fingerprint density at radius 3 is 1.71 bits per heavy atom. The zero-order chi connectivity index (χ0) is 36.3. The number of fused-ring (bicyclic) bond motifs is 2. The Morgan fingerprint density at radius 1 is 0.692 bits per heavy atom. The van der Waals surface area contributed by atoms with E-state index in [9.17, 15) is 22.0 Å². The zero-order valence-corrected chi connectivity index (χ0v) is 33.7. The van der Waals surface area contributed by atoms with E-state index in [0.717, 1.165) is 51.8 Å². The number of ketones is 1. The Bertz CT molecular complexity index is 2080. The molecule has 9 heteroatoms. The van der Waals surface area contributed by atoms with E-state index in [2.05, 4.69) is 38.1 Å². The molecule has 0 bridgehead atoms. The van der Waals surface area contributed by atoms with Gasteiger partial charge in [0.05, 0.1) is 4.90 Å². The van der Waals surface area contributed by atoms with Gasteiger partial charge in [-0.05, 0) is 107 Å². The monoisotopic (exact) mass is 796 g/mol. The van der Waals surface area contributed by atoms with Crippen molar-refractivity contribution in [1.82, 2.24) is 0 Å². The number of aryl methyl sites for hydroxylation is 1. The van der Waals surface area contributed by atoms with Crippen LogP contribution in [0, 0.1) is 25.5 Å². The summed E-state index contributed by atoms with van der Waals surface area (Å²) in [5, 5.41) is 0. The molecule has 2 aliphatic carbocycles. The SMILES string of the molecule is CCCC1=Cc2cc(-c3cccc(F)c3)ccc2C1.Cc1ccc(S(=O)(=O)O)cc1.O=C1Cc2ccc(-c3cccc(F)c3)cc2C1.[Br-].[CH2-]CC.[Mg+2]. The van der Waals surface area contributed by atoms with E-state index in [1.807, 2.05) is 44.2 Å². The second kappa shape index (κ2) is 21.3. The molecule has 268 valence electrons. The van der Waals surface area contributed by atoms with Crippen molar-refractivity contribution >= 4 is 45.0 Å². The molecule has 0 unspecified atom stereocenters. The first-order valence-corrected chi connectivity index (χ1v) is 18.1. The van der Waals surface area contributed by atoms with Crippen LogP contribution in [0.3, 0.4) is 0 Å². The normalized spacial score (nSPS) is 12.1. The molecule has 1 N–H and O–H groups in total. The van der Waals surface area contributed by atoms with Crippen molar-refractivity contribution in [3.05, 3.63) is 161 Å². The summed E-state index contributed by atoms with van der Waals surface area (Å²) in [5.74, 6) is -0.157. The maximum Gasteiger partial charge on any atom is 2.00 e. The van der Waals surface area contributed by atoms with Gasteiger partial charge in [-0.1, -0.05) is 104 Å². The third kappa shape index (κ3) is 13.2. The number of Topliss-reactive ketones (excluding diaryl/α,β-unsaturated/α-hetero) is 1. The summed E-state index contributed by atoms with van der Waals surface area (Å²) in [4.78, 5) is 11.3. The van der Waals surface area contributed by atoms with Crippen molar-refractivity contribution in [2.45, 2.75) is 64.2 Å². The molecule has 7 rings (SSSR count). The standard InChI is InChI=1S/C18H17F.C15H11FO.C7H8O3S.C3H7.BrH.Mg/c1-2-4-13-9-15-7-8-16(11-17(15)10-13)14-5-3-6-18(19)12-14;16-14-3-1-2-10(7-14)11-4-5-12-8-15(17)9-13(12)6-11;1-6-2-4-7(5-3-6)11(8,9)10;1-3-2;;/h3,5-8,10-12H,2,4,9H2,1H3;1-7H,8-9H2;2-5H,1H3,(H,8,9,10);1,3H2,2H3;1H;/q;;;-1;;+2/p-1. The van der Waals surface area contributed by atoms with E-state index in [0.29, 0.717) is 12.8 Å². The minimum absolute atomic E-state index is 0. The summed E-state index contributed by atoms with van der Waals surface area (Å²) in [6, 6.07) is 31.7. The van der Waals surface area contributed by atoms with Gasteiger partial charge < -0.3 is 23.9 Å². The van der Waals surface area contributed by atoms with Gasteiger partial charge in [0, 0.05) is 12.8 Å². The van der Waals surface area contributed by atoms with Crippen LogP contribution in [0.1, 0.15) is 60.9 Å². The average molecular weight is 798 g/mol. The molecule has 0 saturated heterocycles. The number of halogens is 3. The van der Waals surface area contributed by atoms with Crippen LogP contribution in [-0.4, -0.2) is 41.8 Å². The number of hydrogen-bond donors (Lipinski definition) is 1. The summed E-state index contributed by atoms with van der Waals surface area (Å²) in [6.07, 6.45) is 7.78. The van der Waals surface area contributed by atoms with E-state index >= 15 is 0 Å². The summed E-state index contributed by atoms with van der Waals surface area (Å²) in [6.45, 7) is 9.55. The van der Waals surface area contributed by atoms with Crippen molar-refractivity contribution in [3.63, 3.8) is 0 Å². The molecule has 0 heterocycles. The second-order valence-electron chi connectivity index (χ2n) is 12.3. The molecule has 2 aliphatic rings. The van der Waals surface area contributed by atoms with Gasteiger partial charge in [-0.15, -0.1) is 0 Å². The van der Waals surface area contributed by atoms with Gasteiger partial charge in [0.2, 0.25) is 0 Å². The maximum atomic E-state index is 13.3. The molecule has 5 aromatic carbocycles. The number of carbonyl (C=O) groups is 1. The van der Waals surface area contributed by atoms with Gasteiger partial charge in [-0.3, -0.25) is 9.35 Å². The molecular weight excluding hydrogens is 755 g/mol. The van der Waals surface area contributed by atoms with Crippen molar-refractivity contribution in [3.8, 4) is 22.3 Å². The number of rotatable bonds is 5. The van der Waals surface area contributed by atoms with E-state index in [1.165, 1.54) is 59.9 Å². The van der Waals surface area contributed by atoms with Gasteiger partial charge in [0.25, 0.3) is 10.1 Å². The zero-order valence-electron chi connectivity index (χ0n) is 29.8. The molecule has 0 aliphatic heterocycles. The first-order chi connectivity index (χ1) is 23.9. The average Bonchev–Trinajstić information content (AvgIpc) is 3.66. The number of carbonyl (C=O) groups excluding carboxylic acids is 1. The molecule has 0 fully saturated rings. The van der Waals surface area contributed by atoms with Crippen LogP contribution in [0.5, 0.6) is 0 Å². The fourth-order valence-electron chi connectivity index (χ4n) is 5.74. The molecule has 5 aromatic rings. The number of benzene rings is 5. The van der Waals surface area contributed by atoms with Gasteiger partial charge in [-0.25, -0.2) is 8.78 Å². The minimum atomic E-state index is -4.02. The third-order valence-electron chi connectivity index (χ3n) is 8.11. The van der Waals surface area contributed by atoms with E-state index in [-0.39, 0.29) is 62.3 Å². The van der Waals surface area contributed by atoms with Gasteiger partial charge in [-0.2, -0.15) is 14.8 Å². The Hall–Kier alpha value is -3.47. The fourth-order valence-corrected chi connectivity index (χ4v) is 6.22. The predicted molar refractivity (Wildman–Crippen MR) is 205 cm³/mol. The second-order valence-corrected chi connectivity index (χ2v) is 13.7. The number of hydrogen-bond acceptors (Lipinski definition) is 3. The summed E-state index contributed by atoms with van der Waals surface area (Å²) >= 11 is 0. The molecule has 52 heavy (non-hydrogen) atoms. The van der Waals surface area contributed by atoms with Crippen LogP contribution >= 0.6 is 0 Å². The van der Waals surface area contributed by atoms with Gasteiger partial charge >= 0.3 is 23.1 Å². The third-order valence-corrected chi connectivity index (χ3v) is 8.98. The van der Waals surface area contributed by atoms with Crippen molar-refractivity contribution in [1.29, 1.82) is 0 Å². The quantitative estimate of drug-likeness (QED) is 0.114. The molecule has 0 spiro atoms. The van der Waals surface area contributed by atoms with Crippen LogP contribution in [0.25, 0.3) is 28.3 Å². The largest absolute Gasteiger partial charge is 2.00 e. The Morgan fingerprint density at radius 2 is 1.19 bits per heavy atom. The summed E-state index contributed by atoms with van der Waals surface area (Å²) in [5.41, 5.74) is 11.2. The van der Waals surface area contributed by atoms with Crippen molar-refractivity contribution < 1.29 is 43.5 Å². The van der Waals surface area contributed by atoms with E-state index in [4.69, 9.17) is 4.55 Å². The Labute approximate surface area is 334 Å². The summed E-state index contributed by atoms with van der Waals surface area (Å²) in [7, 11) is -4.02. The van der Waals surface area contributed by atoms with E-state index in [1.54, 1.807) is 30.3 Å². The van der Waals surface area contributed by atoms with E-state index < -0.39 is 10.1 Å². The van der Waals surface area contributed by atoms with Gasteiger partial charge in [0.1, 0.15) is 17.4 Å². The first-order valence-electron chi connectivity index (χ1n) is 16.7. The minimum Gasteiger partial charge on any atom is -1.00 e. The smallest absolute Gasteiger partial charge is 1.00 e. The maximum absolute atomic E-state index is 13.3. The van der Waals surface area contributed by atoms with Crippen LogP contribution in [0.15, 0.2) is 120 Å². The topological polar surface area (TPSA) is 71.4 Å². The predicted octanol–water partition coefficient (Wildman–Crippen LogP) is 7.49. The summed E-state index contributed by atoms with van der Waals surface area (Å²) < 4.78 is 56.0. The molecule has 0 radical (unpaired) electrons. The number of allylic oxidation sites excluding steroid dienone is 1. The van der Waals surface area contributed by atoms with Crippen LogP contribution < -0.4 is 17.0 Å². The molecule has 0 amide bonds. The van der Waals surface area contributed by atoms with Crippen molar-refractivity contribution in [2.75, 3.05) is 0 Å². The van der Waals surface area contributed by atoms with Crippen molar-refractivity contribution in [2.24, 2.45) is 0 Å². The van der Waals surface area contributed by atoms with Crippen LogP contribution in [-0.2, 0) is 34.2 Å². The fraction of sp³-hybridized carbons (Fsp3) is 0.209. The molecular formula is C43H43BrF2MgO4S. The molecule has 0 saturated carbocycles. The van der Waals surface area contributed by atoms with Crippen LogP contribution in [0.4, 0.5) is 8.78 Å². The Kier molecular flexibility index (Phi) is 18.3. The molecule has 0 aromatic heterocycles. The van der Waals surface area contributed by atoms with Crippen LogP contribution in [0.2, 0.25) is 0 Å². The van der Waals surface area contributed by atoms with Gasteiger partial charge in [0.15, 0.2) is 0 Å². The Balaban J connectivity index is 0.000000263.